The fraction of sp³-hybridized carbons (Fsp3) is 0.647. The molecule has 1 fully saturated rings. The molecule has 0 spiro atoms. The van der Waals surface area contributed by atoms with E-state index in [0.717, 1.165) is 12.8 Å². The Morgan fingerprint density at radius 1 is 1.16 bits per heavy atom. The first-order valence-electron chi connectivity index (χ1n) is 7.65. The zero-order chi connectivity index (χ0) is 13.9. The molecule has 0 bridgehead atoms. The van der Waals surface area contributed by atoms with E-state index in [4.69, 9.17) is 4.74 Å². The molecule has 1 aromatic carbocycles. The van der Waals surface area contributed by atoms with Crippen LogP contribution < -0.4 is 5.32 Å². The van der Waals surface area contributed by atoms with Gasteiger partial charge in [0.25, 0.3) is 0 Å². The molecule has 1 aromatic rings. The maximum Gasteiger partial charge on any atom is 0.135 e. The summed E-state index contributed by atoms with van der Waals surface area (Å²) >= 11 is 0. The van der Waals surface area contributed by atoms with Crippen molar-refractivity contribution in [3.05, 3.63) is 35.9 Å². The van der Waals surface area contributed by atoms with Crippen LogP contribution in [0.3, 0.4) is 0 Å². The van der Waals surface area contributed by atoms with Crippen molar-refractivity contribution in [3.8, 4) is 0 Å². The summed E-state index contributed by atoms with van der Waals surface area (Å²) in [5.74, 6) is 0.633. The normalized spacial score (nSPS) is 27.4. The van der Waals surface area contributed by atoms with E-state index in [0.29, 0.717) is 12.0 Å². The van der Waals surface area contributed by atoms with Crippen molar-refractivity contribution in [1.82, 2.24) is 5.32 Å². The number of hydrogen-bond donors (Lipinski definition) is 1. The Kier molecular flexibility index (Phi) is 4.64. The lowest BCUT2D eigenvalue weighted by molar-refractivity contribution is -0.0601. The fourth-order valence-corrected chi connectivity index (χ4v) is 3.22. The van der Waals surface area contributed by atoms with Gasteiger partial charge < -0.3 is 4.74 Å². The van der Waals surface area contributed by atoms with Crippen molar-refractivity contribution >= 4 is 0 Å². The summed E-state index contributed by atoms with van der Waals surface area (Å²) in [6.07, 6.45) is 3.36. The van der Waals surface area contributed by atoms with Crippen LogP contribution in [0.2, 0.25) is 0 Å². The molecule has 1 heterocycles. The van der Waals surface area contributed by atoms with E-state index in [-0.39, 0.29) is 11.8 Å². The van der Waals surface area contributed by atoms with Crippen molar-refractivity contribution < 1.29 is 4.74 Å². The zero-order valence-electron chi connectivity index (χ0n) is 12.6. The van der Waals surface area contributed by atoms with Crippen LogP contribution in [-0.4, -0.2) is 11.6 Å². The Balaban J connectivity index is 2.25. The van der Waals surface area contributed by atoms with E-state index in [9.17, 15) is 0 Å². The molecule has 2 unspecified atom stereocenters. The molecule has 2 nitrogen and oxygen atoms in total. The Bertz CT molecular complexity index is 386. The largest absolute Gasteiger partial charge is 0.351 e. The standard InChI is InChI=1S/C17H27NO/c1-5-13(4)15-17(6-2,7-3)19-16(18-15)14-11-9-8-10-12-14/h8-13,15-16,18H,5-7H2,1-4H3/t13?,15-,16?/m0/s1. The summed E-state index contributed by atoms with van der Waals surface area (Å²) in [6.45, 7) is 9.08. The number of benzene rings is 1. The van der Waals surface area contributed by atoms with Gasteiger partial charge >= 0.3 is 0 Å². The van der Waals surface area contributed by atoms with Gasteiger partial charge in [-0.1, -0.05) is 64.4 Å². The Morgan fingerprint density at radius 2 is 1.79 bits per heavy atom. The topological polar surface area (TPSA) is 21.3 Å². The molecular formula is C17H27NO. The first-order valence-corrected chi connectivity index (χ1v) is 7.65. The first-order chi connectivity index (χ1) is 9.16. The third kappa shape index (κ3) is 2.70. The lowest BCUT2D eigenvalue weighted by Crippen LogP contribution is -2.46. The van der Waals surface area contributed by atoms with E-state index >= 15 is 0 Å². The molecule has 1 saturated heterocycles. The van der Waals surface area contributed by atoms with Gasteiger partial charge in [-0.25, -0.2) is 0 Å². The molecule has 1 aliphatic heterocycles. The first kappa shape index (κ1) is 14.5. The van der Waals surface area contributed by atoms with Gasteiger partial charge in [0, 0.05) is 6.04 Å². The summed E-state index contributed by atoms with van der Waals surface area (Å²) in [7, 11) is 0. The van der Waals surface area contributed by atoms with Crippen molar-refractivity contribution in [2.45, 2.75) is 64.8 Å². The number of nitrogens with one attached hydrogen (secondary N) is 1. The van der Waals surface area contributed by atoms with Crippen LogP contribution in [0.4, 0.5) is 0 Å². The number of ether oxygens (including phenoxy) is 1. The molecular weight excluding hydrogens is 234 g/mol. The second-order valence-corrected chi connectivity index (χ2v) is 5.71. The van der Waals surface area contributed by atoms with E-state index in [1.807, 2.05) is 0 Å². The summed E-state index contributed by atoms with van der Waals surface area (Å²) in [6, 6.07) is 10.9. The van der Waals surface area contributed by atoms with Crippen molar-refractivity contribution in [2.75, 3.05) is 0 Å². The van der Waals surface area contributed by atoms with E-state index < -0.39 is 0 Å². The van der Waals surface area contributed by atoms with Gasteiger partial charge in [-0.15, -0.1) is 0 Å². The van der Waals surface area contributed by atoms with Crippen LogP contribution in [0.15, 0.2) is 30.3 Å². The summed E-state index contributed by atoms with van der Waals surface area (Å²) in [4.78, 5) is 0. The van der Waals surface area contributed by atoms with Crippen LogP contribution in [0, 0.1) is 5.92 Å². The van der Waals surface area contributed by atoms with Crippen molar-refractivity contribution in [1.29, 1.82) is 0 Å². The second kappa shape index (κ2) is 6.06. The summed E-state index contributed by atoms with van der Waals surface area (Å²) in [5, 5.41) is 3.73. The minimum absolute atomic E-state index is 0.0179. The molecule has 2 rings (SSSR count). The predicted molar refractivity (Wildman–Crippen MR) is 80.0 cm³/mol. The van der Waals surface area contributed by atoms with E-state index in [1.165, 1.54) is 12.0 Å². The summed E-state index contributed by atoms with van der Waals surface area (Å²) in [5.41, 5.74) is 1.22. The molecule has 1 N–H and O–H groups in total. The third-order valence-electron chi connectivity index (χ3n) is 4.76. The summed E-state index contributed by atoms with van der Waals surface area (Å²) < 4.78 is 6.46. The average Bonchev–Trinajstić information content (AvgIpc) is 2.87. The molecule has 106 valence electrons. The van der Waals surface area contributed by atoms with Gasteiger partial charge in [-0.3, -0.25) is 5.32 Å². The van der Waals surface area contributed by atoms with Crippen LogP contribution in [0.1, 0.15) is 58.7 Å². The second-order valence-electron chi connectivity index (χ2n) is 5.71. The minimum Gasteiger partial charge on any atom is -0.351 e. The van der Waals surface area contributed by atoms with Crippen molar-refractivity contribution in [3.63, 3.8) is 0 Å². The van der Waals surface area contributed by atoms with Crippen molar-refractivity contribution in [2.24, 2.45) is 5.92 Å². The lowest BCUT2D eigenvalue weighted by atomic mass is 9.81. The maximum atomic E-state index is 6.46. The fourth-order valence-electron chi connectivity index (χ4n) is 3.22. The van der Waals surface area contributed by atoms with Gasteiger partial charge in [0.05, 0.1) is 5.60 Å². The molecule has 19 heavy (non-hydrogen) atoms. The highest BCUT2D eigenvalue weighted by atomic mass is 16.5. The highest BCUT2D eigenvalue weighted by Gasteiger charge is 2.47. The Morgan fingerprint density at radius 3 is 2.32 bits per heavy atom. The quantitative estimate of drug-likeness (QED) is 0.854. The van der Waals surface area contributed by atoms with Gasteiger partial charge in [0.15, 0.2) is 0 Å². The number of hydrogen-bond acceptors (Lipinski definition) is 2. The zero-order valence-corrected chi connectivity index (χ0v) is 12.6. The van der Waals surface area contributed by atoms with Crippen LogP contribution in [0.5, 0.6) is 0 Å². The van der Waals surface area contributed by atoms with E-state index in [2.05, 4.69) is 63.3 Å². The van der Waals surface area contributed by atoms with E-state index in [1.54, 1.807) is 0 Å². The molecule has 0 aromatic heterocycles. The van der Waals surface area contributed by atoms with Gasteiger partial charge in [-0.2, -0.15) is 0 Å². The van der Waals surface area contributed by atoms with Gasteiger partial charge in [0.1, 0.15) is 6.23 Å². The Labute approximate surface area is 117 Å². The third-order valence-corrected chi connectivity index (χ3v) is 4.76. The van der Waals surface area contributed by atoms with Crippen LogP contribution in [-0.2, 0) is 4.74 Å². The monoisotopic (exact) mass is 261 g/mol. The molecule has 0 radical (unpaired) electrons. The molecule has 1 aliphatic rings. The highest BCUT2D eigenvalue weighted by Crippen LogP contribution is 2.41. The molecule has 3 atom stereocenters. The Hall–Kier alpha value is -0.860. The van der Waals surface area contributed by atoms with Gasteiger partial charge in [-0.05, 0) is 24.3 Å². The molecule has 0 amide bonds. The molecule has 2 heteroatoms. The van der Waals surface area contributed by atoms with Gasteiger partial charge in [0.2, 0.25) is 0 Å². The predicted octanol–water partition coefficient (Wildman–Crippen LogP) is 4.28. The molecule has 0 saturated carbocycles. The van der Waals surface area contributed by atoms with Crippen LogP contribution in [0.25, 0.3) is 0 Å². The van der Waals surface area contributed by atoms with Crippen LogP contribution >= 0.6 is 0 Å². The minimum atomic E-state index is -0.0179. The molecule has 0 aliphatic carbocycles. The smallest absolute Gasteiger partial charge is 0.135 e. The SMILES string of the molecule is CCC(C)[C@@H]1NC(c2ccccc2)OC1(CC)CC. The highest BCUT2D eigenvalue weighted by molar-refractivity contribution is 5.19. The maximum absolute atomic E-state index is 6.46. The number of rotatable bonds is 5. The average molecular weight is 261 g/mol. The lowest BCUT2D eigenvalue weighted by Gasteiger charge is -2.35.